The summed E-state index contributed by atoms with van der Waals surface area (Å²) in [6, 6.07) is 10.1. The molecular formula is C31H32FN3O6S. The smallest absolute Gasteiger partial charge is 0.338 e. The number of amides is 1. The summed E-state index contributed by atoms with van der Waals surface area (Å²) in [6.45, 7) is 7.21. The van der Waals surface area contributed by atoms with Crippen LogP contribution in [0.4, 0.5) is 4.39 Å². The Kier molecular flexibility index (Phi) is 8.86. The summed E-state index contributed by atoms with van der Waals surface area (Å²) in [6.07, 6.45) is 3.73. The fraction of sp³-hybridized carbons (Fsp3) is 0.355. The highest BCUT2D eigenvalue weighted by molar-refractivity contribution is 7.07. The number of nitrogens with zero attached hydrogens (tertiary/aromatic N) is 3. The molecule has 3 aromatic rings. The zero-order valence-corrected chi connectivity index (χ0v) is 24.5. The highest BCUT2D eigenvalue weighted by atomic mass is 32.1. The van der Waals surface area contributed by atoms with E-state index in [2.05, 4.69) is 4.99 Å². The van der Waals surface area contributed by atoms with Gasteiger partial charge in [-0.05, 0) is 75.1 Å². The first kappa shape index (κ1) is 29.2. The maximum atomic E-state index is 13.8. The number of halogens is 1. The molecule has 9 nitrogen and oxygen atoms in total. The summed E-state index contributed by atoms with van der Waals surface area (Å²) in [5, 5.41) is 0. The number of likely N-dealkylation sites (tertiary alicyclic amines) is 1. The second-order valence-corrected chi connectivity index (χ2v) is 10.9. The number of thiazole rings is 1. The Morgan fingerprint density at radius 2 is 1.79 bits per heavy atom. The SMILES string of the molecule is CCOC(=O)C1=C(C)N=c2s/c(=C/c3ccc(OCC(=O)N4CCCC4)c(OCC)c3)c(=O)n2[C@@H]1c1ccc(F)cc1. The van der Waals surface area contributed by atoms with Crippen LogP contribution in [0.15, 0.2) is 63.5 Å². The molecule has 2 aromatic carbocycles. The summed E-state index contributed by atoms with van der Waals surface area (Å²) < 4.78 is 32.5. The van der Waals surface area contributed by atoms with Gasteiger partial charge in [0.25, 0.3) is 11.5 Å². The molecule has 0 saturated carbocycles. The molecule has 0 aliphatic carbocycles. The highest BCUT2D eigenvalue weighted by Crippen LogP contribution is 2.31. The van der Waals surface area contributed by atoms with Gasteiger partial charge in [-0.3, -0.25) is 14.2 Å². The van der Waals surface area contributed by atoms with Gasteiger partial charge in [-0.15, -0.1) is 0 Å². The van der Waals surface area contributed by atoms with E-state index >= 15 is 0 Å². The predicted octanol–water partition coefficient (Wildman–Crippen LogP) is 3.34. The molecule has 0 radical (unpaired) electrons. The van der Waals surface area contributed by atoms with Crippen molar-refractivity contribution in [1.29, 1.82) is 0 Å². The van der Waals surface area contributed by atoms with E-state index in [-0.39, 0.29) is 30.3 Å². The molecule has 1 fully saturated rings. The number of hydrogen-bond donors (Lipinski definition) is 0. The minimum absolute atomic E-state index is 0.0617. The summed E-state index contributed by atoms with van der Waals surface area (Å²) >= 11 is 1.19. The minimum atomic E-state index is -0.828. The van der Waals surface area contributed by atoms with Crippen molar-refractivity contribution >= 4 is 29.3 Å². The molecule has 0 N–H and O–H groups in total. The van der Waals surface area contributed by atoms with Crippen LogP contribution in [-0.4, -0.2) is 54.3 Å². The van der Waals surface area contributed by atoms with Crippen LogP contribution in [0.1, 0.15) is 50.8 Å². The second-order valence-electron chi connectivity index (χ2n) is 9.87. The molecule has 1 aromatic heterocycles. The third-order valence-electron chi connectivity index (χ3n) is 7.08. The standard InChI is InChI=1S/C31H32FN3O6S/c1-4-39-24-16-20(8-13-23(24)41-18-26(36)34-14-6-7-15-34)17-25-29(37)35-28(21-9-11-22(32)12-10-21)27(30(38)40-5-2)19(3)33-31(35)42-25/h8-13,16-17,28H,4-7,14-15,18H2,1-3H3/b25-17+/t28-/m1/s1. The number of allylic oxidation sites excluding steroid dienone is 1. The van der Waals surface area contributed by atoms with Crippen molar-refractivity contribution in [3.8, 4) is 11.5 Å². The molecule has 5 rings (SSSR count). The van der Waals surface area contributed by atoms with Gasteiger partial charge < -0.3 is 19.1 Å². The lowest BCUT2D eigenvalue weighted by Crippen LogP contribution is -2.39. The zero-order chi connectivity index (χ0) is 29.8. The second kappa shape index (κ2) is 12.7. The normalized spacial score (nSPS) is 16.7. The third-order valence-corrected chi connectivity index (χ3v) is 8.06. The Balaban J connectivity index is 1.52. The maximum Gasteiger partial charge on any atom is 0.338 e. The van der Waals surface area contributed by atoms with Crippen LogP contribution in [0.5, 0.6) is 11.5 Å². The molecule has 3 heterocycles. The van der Waals surface area contributed by atoms with Gasteiger partial charge in [-0.25, -0.2) is 14.2 Å². The van der Waals surface area contributed by atoms with E-state index in [1.54, 1.807) is 55.2 Å². The Morgan fingerprint density at radius 1 is 1.05 bits per heavy atom. The van der Waals surface area contributed by atoms with Gasteiger partial charge in [-0.1, -0.05) is 29.5 Å². The molecule has 0 spiro atoms. The molecule has 1 amide bonds. The average Bonchev–Trinajstić information content (AvgIpc) is 3.61. The highest BCUT2D eigenvalue weighted by Gasteiger charge is 2.33. The van der Waals surface area contributed by atoms with Crippen molar-refractivity contribution in [2.24, 2.45) is 4.99 Å². The average molecular weight is 594 g/mol. The zero-order valence-electron chi connectivity index (χ0n) is 23.7. The van der Waals surface area contributed by atoms with Gasteiger partial charge in [0.2, 0.25) is 0 Å². The molecule has 0 bridgehead atoms. The van der Waals surface area contributed by atoms with Crippen molar-refractivity contribution in [2.45, 2.75) is 39.7 Å². The lowest BCUT2D eigenvalue weighted by molar-refractivity contribution is -0.139. The van der Waals surface area contributed by atoms with Gasteiger partial charge in [-0.2, -0.15) is 0 Å². The van der Waals surface area contributed by atoms with Gasteiger partial charge in [0.1, 0.15) is 5.82 Å². The predicted molar refractivity (Wildman–Crippen MR) is 156 cm³/mol. The van der Waals surface area contributed by atoms with Crippen molar-refractivity contribution in [2.75, 3.05) is 32.9 Å². The van der Waals surface area contributed by atoms with Crippen LogP contribution >= 0.6 is 11.3 Å². The number of hydrogen-bond acceptors (Lipinski definition) is 8. The number of carbonyl (C=O) groups excluding carboxylic acids is 2. The quantitative estimate of drug-likeness (QED) is 0.353. The Hall–Kier alpha value is -4.25. The topological polar surface area (TPSA) is 99.4 Å². The van der Waals surface area contributed by atoms with E-state index in [1.807, 2.05) is 6.92 Å². The van der Waals surface area contributed by atoms with Crippen LogP contribution in [0.2, 0.25) is 0 Å². The fourth-order valence-corrected chi connectivity index (χ4v) is 6.15. The van der Waals surface area contributed by atoms with Crippen molar-refractivity contribution in [1.82, 2.24) is 9.47 Å². The van der Waals surface area contributed by atoms with E-state index in [1.165, 1.54) is 28.0 Å². The van der Waals surface area contributed by atoms with Gasteiger partial charge >= 0.3 is 5.97 Å². The lowest BCUT2D eigenvalue weighted by Gasteiger charge is -2.24. The van der Waals surface area contributed by atoms with Crippen molar-refractivity contribution in [3.05, 3.63) is 90.4 Å². The number of ether oxygens (including phenoxy) is 3. The van der Waals surface area contributed by atoms with Crippen molar-refractivity contribution < 1.29 is 28.2 Å². The Morgan fingerprint density at radius 3 is 2.48 bits per heavy atom. The van der Waals surface area contributed by atoms with Crippen LogP contribution in [0, 0.1) is 5.82 Å². The van der Waals surface area contributed by atoms with Gasteiger partial charge in [0.15, 0.2) is 22.9 Å². The molecule has 2 aliphatic rings. The number of benzene rings is 2. The number of esters is 1. The monoisotopic (exact) mass is 593 g/mol. The van der Waals surface area contributed by atoms with E-state index in [0.717, 1.165) is 25.9 Å². The first-order valence-electron chi connectivity index (χ1n) is 13.9. The Bertz CT molecular complexity index is 1700. The van der Waals surface area contributed by atoms with Crippen LogP contribution in [0.3, 0.4) is 0 Å². The molecule has 42 heavy (non-hydrogen) atoms. The van der Waals surface area contributed by atoms with E-state index < -0.39 is 17.8 Å². The minimum Gasteiger partial charge on any atom is -0.490 e. The number of rotatable bonds is 9. The van der Waals surface area contributed by atoms with E-state index in [0.29, 0.717) is 44.3 Å². The van der Waals surface area contributed by atoms with Gasteiger partial charge in [0.05, 0.1) is 35.1 Å². The summed E-state index contributed by atoms with van der Waals surface area (Å²) in [5.41, 5.74) is 1.55. The van der Waals surface area contributed by atoms with E-state index in [9.17, 15) is 18.8 Å². The lowest BCUT2D eigenvalue weighted by atomic mass is 9.96. The van der Waals surface area contributed by atoms with Crippen LogP contribution < -0.4 is 24.4 Å². The summed E-state index contributed by atoms with van der Waals surface area (Å²) in [4.78, 5) is 46.0. The molecule has 0 unspecified atom stereocenters. The van der Waals surface area contributed by atoms with Crippen LogP contribution in [0.25, 0.3) is 6.08 Å². The fourth-order valence-electron chi connectivity index (χ4n) is 5.10. The summed E-state index contributed by atoms with van der Waals surface area (Å²) in [5.74, 6) is -0.176. The molecular weight excluding hydrogens is 561 g/mol. The largest absolute Gasteiger partial charge is 0.490 e. The van der Waals surface area contributed by atoms with Crippen molar-refractivity contribution in [3.63, 3.8) is 0 Å². The molecule has 11 heteroatoms. The first-order valence-corrected chi connectivity index (χ1v) is 14.7. The first-order chi connectivity index (χ1) is 20.3. The third kappa shape index (κ3) is 6.01. The number of fused-ring (bicyclic) bond motifs is 1. The number of carbonyl (C=O) groups is 2. The molecule has 1 saturated heterocycles. The summed E-state index contributed by atoms with van der Waals surface area (Å²) in [7, 11) is 0. The van der Waals surface area contributed by atoms with Gasteiger partial charge in [0, 0.05) is 13.1 Å². The van der Waals surface area contributed by atoms with Crippen LogP contribution in [-0.2, 0) is 14.3 Å². The van der Waals surface area contributed by atoms with E-state index in [4.69, 9.17) is 14.2 Å². The molecule has 2 aliphatic heterocycles. The maximum absolute atomic E-state index is 13.8. The molecule has 220 valence electrons. The Labute approximate surface area is 246 Å². The number of aromatic nitrogens is 1. The molecule has 1 atom stereocenters.